The third-order valence-corrected chi connectivity index (χ3v) is 7.17. The second-order valence-electron chi connectivity index (χ2n) is 7.11. The number of carbonyl (C=O) groups excluding carboxylic acids is 1. The topological polar surface area (TPSA) is 84.9 Å². The number of hydrogen-bond donors (Lipinski definition) is 1. The lowest BCUT2D eigenvalue weighted by atomic mass is 10.2. The molecule has 0 fully saturated rings. The summed E-state index contributed by atoms with van der Waals surface area (Å²) in [6.45, 7) is 0.0976. The molecular formula is C23H21ClN2O5S. The third-order valence-electron chi connectivity index (χ3n) is 5.07. The lowest BCUT2D eigenvalue weighted by Crippen LogP contribution is -2.29. The van der Waals surface area contributed by atoms with E-state index in [0.29, 0.717) is 30.1 Å². The smallest absolute Gasteiger partial charge is 0.264 e. The number of rotatable bonds is 7. The van der Waals surface area contributed by atoms with Crippen LogP contribution in [0, 0.1) is 0 Å². The molecular weight excluding hydrogens is 452 g/mol. The number of nitrogens with one attached hydrogen (secondary N) is 1. The van der Waals surface area contributed by atoms with E-state index >= 15 is 0 Å². The Morgan fingerprint density at radius 3 is 2.56 bits per heavy atom. The van der Waals surface area contributed by atoms with Gasteiger partial charge in [0, 0.05) is 12.2 Å². The number of halogens is 1. The van der Waals surface area contributed by atoms with Gasteiger partial charge in [-0.25, -0.2) is 8.42 Å². The van der Waals surface area contributed by atoms with Crippen molar-refractivity contribution < 1.29 is 22.7 Å². The fourth-order valence-corrected chi connectivity index (χ4v) is 5.29. The van der Waals surface area contributed by atoms with E-state index in [9.17, 15) is 13.2 Å². The predicted molar refractivity (Wildman–Crippen MR) is 123 cm³/mol. The van der Waals surface area contributed by atoms with Crippen molar-refractivity contribution >= 4 is 38.9 Å². The van der Waals surface area contributed by atoms with Gasteiger partial charge >= 0.3 is 0 Å². The lowest BCUT2D eigenvalue weighted by molar-refractivity contribution is -0.118. The zero-order valence-corrected chi connectivity index (χ0v) is 18.8. The molecule has 1 aliphatic rings. The van der Waals surface area contributed by atoms with Crippen molar-refractivity contribution in [1.29, 1.82) is 0 Å². The van der Waals surface area contributed by atoms with E-state index in [2.05, 4.69) is 5.32 Å². The highest BCUT2D eigenvalue weighted by Gasteiger charge is 2.31. The van der Waals surface area contributed by atoms with Crippen molar-refractivity contribution in [1.82, 2.24) is 0 Å². The molecule has 0 spiro atoms. The summed E-state index contributed by atoms with van der Waals surface area (Å²) in [5.41, 5.74) is 2.27. The highest BCUT2D eigenvalue weighted by atomic mass is 35.5. The van der Waals surface area contributed by atoms with Crippen LogP contribution in [0.3, 0.4) is 0 Å². The Labute approximate surface area is 191 Å². The van der Waals surface area contributed by atoms with Gasteiger partial charge in [0.25, 0.3) is 15.9 Å². The maximum absolute atomic E-state index is 13.1. The lowest BCUT2D eigenvalue weighted by Gasteiger charge is -2.20. The van der Waals surface area contributed by atoms with Gasteiger partial charge in [0.05, 0.1) is 22.7 Å². The van der Waals surface area contributed by atoms with Gasteiger partial charge in [0.1, 0.15) is 11.5 Å². The Hall–Kier alpha value is -3.23. The van der Waals surface area contributed by atoms with Gasteiger partial charge in [0.15, 0.2) is 6.61 Å². The Balaban J connectivity index is 1.42. The molecule has 0 radical (unpaired) electrons. The Morgan fingerprint density at radius 1 is 1.09 bits per heavy atom. The second kappa shape index (κ2) is 9.10. The molecule has 166 valence electrons. The summed E-state index contributed by atoms with van der Waals surface area (Å²) in [6, 6.07) is 18.5. The minimum Gasteiger partial charge on any atom is -0.497 e. The molecule has 1 N–H and O–H groups in total. The highest BCUT2D eigenvalue weighted by molar-refractivity contribution is 7.92. The summed E-state index contributed by atoms with van der Waals surface area (Å²) >= 11 is 6.27. The van der Waals surface area contributed by atoms with Crippen LogP contribution in [0.4, 0.5) is 11.4 Å². The maximum Gasteiger partial charge on any atom is 0.264 e. The third kappa shape index (κ3) is 4.51. The summed E-state index contributed by atoms with van der Waals surface area (Å²) in [6.07, 6.45) is 0.660. The van der Waals surface area contributed by atoms with E-state index in [-0.39, 0.29) is 28.2 Å². The molecule has 3 aromatic rings. The first-order valence-electron chi connectivity index (χ1n) is 9.85. The first kappa shape index (κ1) is 22.0. The minimum absolute atomic E-state index is 0.0641. The molecule has 0 aromatic heterocycles. The number of nitrogens with zero attached hydrogens (tertiary/aromatic N) is 1. The van der Waals surface area contributed by atoms with Crippen LogP contribution in [0.1, 0.15) is 5.56 Å². The van der Waals surface area contributed by atoms with Crippen molar-refractivity contribution in [3.05, 3.63) is 77.3 Å². The molecule has 3 aromatic carbocycles. The van der Waals surface area contributed by atoms with E-state index in [1.54, 1.807) is 37.4 Å². The predicted octanol–water partition coefficient (Wildman–Crippen LogP) is 4.12. The number of fused-ring (bicyclic) bond motifs is 1. The molecule has 0 saturated heterocycles. The quantitative estimate of drug-likeness (QED) is 0.559. The first-order valence-corrected chi connectivity index (χ1v) is 11.7. The van der Waals surface area contributed by atoms with Crippen LogP contribution in [-0.2, 0) is 21.2 Å². The van der Waals surface area contributed by atoms with Crippen LogP contribution in [-0.4, -0.2) is 34.6 Å². The SMILES string of the molecule is COc1ccc(NC(=O)COc2ccc(S(=O)(=O)N3CCc4ccccc43)cc2Cl)cc1. The van der Waals surface area contributed by atoms with Gasteiger partial charge in [-0.3, -0.25) is 9.10 Å². The number of hydrogen-bond acceptors (Lipinski definition) is 5. The number of anilines is 2. The molecule has 0 bridgehead atoms. The Bertz CT molecular complexity index is 1250. The molecule has 1 amide bonds. The molecule has 4 rings (SSSR count). The summed E-state index contributed by atoms with van der Waals surface area (Å²) in [5.74, 6) is 0.521. The largest absolute Gasteiger partial charge is 0.497 e. The van der Waals surface area contributed by atoms with Crippen molar-refractivity contribution in [2.24, 2.45) is 0 Å². The van der Waals surface area contributed by atoms with E-state index in [0.717, 1.165) is 5.56 Å². The van der Waals surface area contributed by atoms with Gasteiger partial charge in [-0.1, -0.05) is 29.8 Å². The molecule has 1 aliphatic heterocycles. The summed E-state index contributed by atoms with van der Waals surface area (Å²) in [4.78, 5) is 12.2. The average molecular weight is 473 g/mol. The van der Waals surface area contributed by atoms with Gasteiger partial charge in [-0.05, 0) is 60.5 Å². The zero-order chi connectivity index (χ0) is 22.7. The van der Waals surface area contributed by atoms with Crippen molar-refractivity contribution in [3.8, 4) is 11.5 Å². The van der Waals surface area contributed by atoms with Crippen LogP contribution in [0.5, 0.6) is 11.5 Å². The number of methoxy groups -OCH3 is 1. The number of benzene rings is 3. The van der Waals surface area contributed by atoms with Crippen molar-refractivity contribution in [3.63, 3.8) is 0 Å². The number of ether oxygens (including phenoxy) is 2. The normalized spacial score (nSPS) is 12.9. The average Bonchev–Trinajstić information content (AvgIpc) is 3.24. The van der Waals surface area contributed by atoms with E-state index in [1.807, 2.05) is 18.2 Å². The van der Waals surface area contributed by atoms with Gasteiger partial charge in [-0.2, -0.15) is 0 Å². The summed E-state index contributed by atoms with van der Waals surface area (Å²) in [5, 5.41) is 2.81. The standard InChI is InChI=1S/C23H21ClN2O5S/c1-30-18-8-6-17(7-9-18)25-23(27)15-31-22-11-10-19(14-20(22)24)32(28,29)26-13-12-16-4-2-3-5-21(16)26/h2-11,14H,12-13,15H2,1H3,(H,25,27). The molecule has 0 unspecified atom stereocenters. The first-order chi connectivity index (χ1) is 15.4. The molecule has 1 heterocycles. The zero-order valence-electron chi connectivity index (χ0n) is 17.2. The van der Waals surface area contributed by atoms with Crippen molar-refractivity contribution in [2.75, 3.05) is 29.9 Å². The van der Waals surface area contributed by atoms with Gasteiger partial charge in [0.2, 0.25) is 0 Å². The fraction of sp³-hybridized carbons (Fsp3) is 0.174. The number of para-hydroxylation sites is 1. The maximum atomic E-state index is 13.1. The number of amides is 1. The highest BCUT2D eigenvalue weighted by Crippen LogP contribution is 2.35. The van der Waals surface area contributed by atoms with Crippen LogP contribution in [0.15, 0.2) is 71.6 Å². The monoisotopic (exact) mass is 472 g/mol. The van der Waals surface area contributed by atoms with Crippen LogP contribution < -0.4 is 19.1 Å². The van der Waals surface area contributed by atoms with Gasteiger partial charge in [-0.15, -0.1) is 0 Å². The molecule has 0 atom stereocenters. The van der Waals surface area contributed by atoms with Crippen LogP contribution in [0.2, 0.25) is 5.02 Å². The van der Waals surface area contributed by atoms with Crippen molar-refractivity contribution in [2.45, 2.75) is 11.3 Å². The van der Waals surface area contributed by atoms with Crippen LogP contribution >= 0.6 is 11.6 Å². The summed E-state index contributed by atoms with van der Waals surface area (Å²) in [7, 11) is -2.20. The second-order valence-corrected chi connectivity index (χ2v) is 9.38. The van der Waals surface area contributed by atoms with E-state index in [4.69, 9.17) is 21.1 Å². The minimum atomic E-state index is -3.77. The van der Waals surface area contributed by atoms with E-state index < -0.39 is 10.0 Å². The molecule has 0 saturated carbocycles. The number of sulfonamides is 1. The Morgan fingerprint density at radius 2 is 1.84 bits per heavy atom. The van der Waals surface area contributed by atoms with Crippen LogP contribution in [0.25, 0.3) is 0 Å². The summed E-state index contributed by atoms with van der Waals surface area (Å²) < 4.78 is 38.2. The molecule has 9 heteroatoms. The molecule has 0 aliphatic carbocycles. The Kier molecular flexibility index (Phi) is 6.25. The fourth-order valence-electron chi connectivity index (χ4n) is 3.46. The molecule has 32 heavy (non-hydrogen) atoms. The van der Waals surface area contributed by atoms with Gasteiger partial charge < -0.3 is 14.8 Å². The van der Waals surface area contributed by atoms with E-state index in [1.165, 1.54) is 22.5 Å². The number of carbonyl (C=O) groups is 1. The molecule has 7 nitrogen and oxygen atoms in total.